The van der Waals surface area contributed by atoms with Crippen LogP contribution in [0.5, 0.6) is 0 Å². The minimum atomic E-state index is 0.328. The van der Waals surface area contributed by atoms with Gasteiger partial charge in [-0.3, -0.25) is 0 Å². The van der Waals surface area contributed by atoms with Gasteiger partial charge in [0.25, 0.3) is 0 Å². The highest BCUT2D eigenvalue weighted by Crippen LogP contribution is 2.35. The minimum Gasteiger partial charge on any atom is -0.340 e. The molecule has 7 rings (SSSR count). The first-order chi connectivity index (χ1) is 26.4. The van der Waals surface area contributed by atoms with E-state index in [2.05, 4.69) is 141 Å². The molecule has 0 N–H and O–H groups in total. The molecule has 282 valence electrons. The lowest BCUT2D eigenvalue weighted by atomic mass is 9.79. The van der Waals surface area contributed by atoms with Gasteiger partial charge in [0.15, 0.2) is 0 Å². The molecule has 1 aliphatic carbocycles. The van der Waals surface area contributed by atoms with Gasteiger partial charge in [0.2, 0.25) is 0 Å². The molecule has 0 aliphatic heterocycles. The molecule has 1 heterocycles. The molecule has 0 saturated carbocycles. The normalized spacial score (nSPS) is 13.3. The van der Waals surface area contributed by atoms with E-state index in [1.807, 2.05) is 0 Å². The summed E-state index contributed by atoms with van der Waals surface area (Å²) in [7, 11) is 0. The molecule has 0 saturated heterocycles. The quantitative estimate of drug-likeness (QED) is 0.0694. The van der Waals surface area contributed by atoms with Crippen LogP contribution in [0.15, 0.2) is 115 Å². The molecule has 1 unspecified atom stereocenters. The van der Waals surface area contributed by atoms with Gasteiger partial charge < -0.3 is 4.57 Å². The summed E-state index contributed by atoms with van der Waals surface area (Å²) in [5, 5.41) is 2.74. The van der Waals surface area contributed by atoms with Gasteiger partial charge in [-0.1, -0.05) is 150 Å². The Balaban J connectivity index is 0.804. The fourth-order valence-electron chi connectivity index (χ4n) is 9.12. The molecular formula is C53H65N. The van der Waals surface area contributed by atoms with Gasteiger partial charge in [0.05, 0.1) is 0 Å². The predicted molar refractivity (Wildman–Crippen MR) is 234 cm³/mol. The number of nitrogens with zero attached hydrogens (tertiary/aromatic N) is 1. The highest BCUT2D eigenvalue weighted by molar-refractivity contribution is 6.07. The Kier molecular flexibility index (Phi) is 13.1. The van der Waals surface area contributed by atoms with Crippen LogP contribution in [0.3, 0.4) is 0 Å². The van der Waals surface area contributed by atoms with Crippen molar-refractivity contribution in [1.29, 1.82) is 0 Å². The molecule has 0 bridgehead atoms. The van der Waals surface area contributed by atoms with E-state index in [1.165, 1.54) is 147 Å². The number of hydrogen-bond donors (Lipinski definition) is 0. The Morgan fingerprint density at radius 3 is 1.52 bits per heavy atom. The zero-order valence-corrected chi connectivity index (χ0v) is 33.7. The van der Waals surface area contributed by atoms with Crippen molar-refractivity contribution in [1.82, 2.24) is 4.57 Å². The topological polar surface area (TPSA) is 4.93 Å². The van der Waals surface area contributed by atoms with E-state index in [1.54, 1.807) is 16.7 Å². The second-order valence-electron chi connectivity index (χ2n) is 17.8. The van der Waals surface area contributed by atoms with Crippen molar-refractivity contribution >= 4 is 21.8 Å². The number of aryl methyl sites for hydroxylation is 7. The molecule has 0 fully saturated rings. The number of para-hydroxylation sites is 2. The van der Waals surface area contributed by atoms with E-state index in [-0.39, 0.29) is 0 Å². The Morgan fingerprint density at radius 2 is 0.963 bits per heavy atom. The minimum absolute atomic E-state index is 0.328. The van der Waals surface area contributed by atoms with Gasteiger partial charge in [-0.15, -0.1) is 0 Å². The van der Waals surface area contributed by atoms with Crippen LogP contribution in [0.1, 0.15) is 136 Å². The van der Waals surface area contributed by atoms with Crippen LogP contribution in [0.25, 0.3) is 21.8 Å². The summed E-state index contributed by atoms with van der Waals surface area (Å²) < 4.78 is 2.52. The Hall–Kier alpha value is -4.10. The van der Waals surface area contributed by atoms with E-state index in [4.69, 9.17) is 0 Å². The molecule has 0 spiro atoms. The second-order valence-corrected chi connectivity index (χ2v) is 17.8. The van der Waals surface area contributed by atoms with Crippen LogP contribution in [0, 0.1) is 5.41 Å². The van der Waals surface area contributed by atoms with Gasteiger partial charge >= 0.3 is 0 Å². The van der Waals surface area contributed by atoms with Crippen LogP contribution in [-0.2, 0) is 45.1 Å². The summed E-state index contributed by atoms with van der Waals surface area (Å²) in [6.07, 6.45) is 21.7. The monoisotopic (exact) mass is 716 g/mol. The Bertz CT molecular complexity index is 2000. The third-order valence-electron chi connectivity index (χ3n) is 12.2. The summed E-state index contributed by atoms with van der Waals surface area (Å²) >= 11 is 0. The van der Waals surface area contributed by atoms with Gasteiger partial charge in [0.1, 0.15) is 0 Å². The van der Waals surface area contributed by atoms with E-state index < -0.39 is 0 Å². The highest BCUT2D eigenvalue weighted by Gasteiger charge is 2.20. The van der Waals surface area contributed by atoms with Crippen molar-refractivity contribution in [3.8, 4) is 0 Å². The van der Waals surface area contributed by atoms with Gasteiger partial charge in [0, 0.05) is 28.4 Å². The standard InChI is InChI=1S/C53H65N/c1-53(2,3)40-48(46-33-30-42(31-34-46)17-8-6-4-5-7-9-19-44-32-35-45-36-37-47(45)39-44)21-16-20-43-28-26-41(27-29-43)18-14-15-38-54-51-24-12-10-22-49(51)50-23-11-13-25-52(50)54/h10-13,22-35,39,48H,4-9,14-21,36-38,40H2,1-3H3. The summed E-state index contributed by atoms with van der Waals surface area (Å²) in [5.41, 5.74) is 13.8. The van der Waals surface area contributed by atoms with E-state index in [0.717, 1.165) is 13.0 Å². The Labute approximate surface area is 327 Å². The maximum absolute atomic E-state index is 2.52. The molecule has 1 heteroatoms. The molecule has 1 aliphatic rings. The van der Waals surface area contributed by atoms with Crippen LogP contribution in [0.2, 0.25) is 0 Å². The van der Waals surface area contributed by atoms with Crippen molar-refractivity contribution in [2.75, 3.05) is 0 Å². The average molecular weight is 716 g/mol. The molecule has 0 radical (unpaired) electrons. The van der Waals surface area contributed by atoms with Crippen molar-refractivity contribution in [3.63, 3.8) is 0 Å². The summed E-state index contributed by atoms with van der Waals surface area (Å²) in [4.78, 5) is 0. The third kappa shape index (κ3) is 10.3. The first-order valence-electron chi connectivity index (χ1n) is 21.6. The van der Waals surface area contributed by atoms with E-state index >= 15 is 0 Å². The van der Waals surface area contributed by atoms with Gasteiger partial charge in [-0.2, -0.15) is 0 Å². The van der Waals surface area contributed by atoms with E-state index in [9.17, 15) is 0 Å². The number of hydrogen-bond acceptors (Lipinski definition) is 0. The lowest BCUT2D eigenvalue weighted by molar-refractivity contribution is 0.328. The van der Waals surface area contributed by atoms with Crippen molar-refractivity contribution < 1.29 is 0 Å². The summed E-state index contributed by atoms with van der Waals surface area (Å²) in [5.74, 6) is 0.625. The molecule has 5 aromatic carbocycles. The van der Waals surface area contributed by atoms with Crippen molar-refractivity contribution in [2.45, 2.75) is 142 Å². The zero-order valence-electron chi connectivity index (χ0n) is 33.7. The van der Waals surface area contributed by atoms with Gasteiger partial charge in [-0.25, -0.2) is 0 Å². The van der Waals surface area contributed by atoms with Crippen LogP contribution >= 0.6 is 0 Å². The molecule has 0 amide bonds. The largest absolute Gasteiger partial charge is 0.340 e. The number of benzene rings is 5. The van der Waals surface area contributed by atoms with Crippen LogP contribution in [-0.4, -0.2) is 4.57 Å². The molecule has 6 aromatic rings. The molecule has 54 heavy (non-hydrogen) atoms. The molecule has 1 aromatic heterocycles. The highest BCUT2D eigenvalue weighted by atomic mass is 15.0. The summed E-state index contributed by atoms with van der Waals surface area (Å²) in [6.45, 7) is 8.29. The third-order valence-corrected chi connectivity index (χ3v) is 12.2. The summed E-state index contributed by atoms with van der Waals surface area (Å²) in [6, 6.07) is 44.3. The van der Waals surface area contributed by atoms with Crippen molar-refractivity contribution in [3.05, 3.63) is 154 Å². The number of aromatic nitrogens is 1. The second kappa shape index (κ2) is 18.5. The first-order valence-corrected chi connectivity index (χ1v) is 21.6. The number of fused-ring (bicyclic) bond motifs is 4. The smallest absolute Gasteiger partial charge is 0.0491 e. The van der Waals surface area contributed by atoms with Crippen molar-refractivity contribution in [2.24, 2.45) is 5.41 Å². The van der Waals surface area contributed by atoms with Crippen LogP contribution < -0.4 is 0 Å². The number of unbranched alkanes of at least 4 members (excludes halogenated alkanes) is 6. The maximum atomic E-state index is 2.52. The first kappa shape index (κ1) is 38.2. The van der Waals surface area contributed by atoms with Gasteiger partial charge in [-0.05, 0) is 146 Å². The maximum Gasteiger partial charge on any atom is 0.0491 e. The van der Waals surface area contributed by atoms with E-state index in [0.29, 0.717) is 11.3 Å². The fourth-order valence-corrected chi connectivity index (χ4v) is 9.12. The average Bonchev–Trinajstić information content (AvgIpc) is 3.48. The Morgan fingerprint density at radius 1 is 0.481 bits per heavy atom. The fraction of sp³-hybridized carbons (Fsp3) is 0.434. The SMILES string of the molecule is CC(C)(C)CC(CCCc1ccc(CCCCn2c3ccccc3c3ccccc32)cc1)c1ccc(CCCCCCCCc2ccc3c(c2)CC3)cc1. The predicted octanol–water partition coefficient (Wildman–Crippen LogP) is 14.6. The lowest BCUT2D eigenvalue weighted by Gasteiger charge is -2.27. The lowest BCUT2D eigenvalue weighted by Crippen LogP contribution is -2.12. The number of rotatable bonds is 20. The zero-order chi connectivity index (χ0) is 37.2. The molecular weight excluding hydrogens is 651 g/mol. The molecule has 1 nitrogen and oxygen atoms in total. The van der Waals surface area contributed by atoms with Crippen LogP contribution in [0.4, 0.5) is 0 Å². The molecule has 1 atom stereocenters.